The van der Waals surface area contributed by atoms with Crippen molar-refractivity contribution in [2.45, 2.75) is 27.7 Å². The first kappa shape index (κ1) is 14.1. The number of furan rings is 1. The van der Waals surface area contributed by atoms with Crippen molar-refractivity contribution >= 4 is 11.6 Å². The Hall–Kier alpha value is -2.36. The van der Waals surface area contributed by atoms with Crippen LogP contribution < -0.4 is 5.43 Å². The van der Waals surface area contributed by atoms with E-state index in [1.807, 2.05) is 19.1 Å². The highest BCUT2D eigenvalue weighted by Crippen LogP contribution is 2.11. The molecular weight excluding hydrogens is 252 g/mol. The Labute approximate surface area is 118 Å². The molecule has 1 N–H and O–H groups in total. The Bertz CT molecular complexity index is 669. The lowest BCUT2D eigenvalue weighted by Gasteiger charge is -2.05. The summed E-state index contributed by atoms with van der Waals surface area (Å²) in [6, 6.07) is 9.46. The summed E-state index contributed by atoms with van der Waals surface area (Å²) in [5.74, 6) is 0.616. The Balaban J connectivity index is 2.10. The summed E-state index contributed by atoms with van der Waals surface area (Å²) in [4.78, 5) is 11.8. The highest BCUT2D eigenvalue weighted by atomic mass is 16.3. The second kappa shape index (κ2) is 5.74. The monoisotopic (exact) mass is 270 g/mol. The summed E-state index contributed by atoms with van der Waals surface area (Å²) in [5, 5.41) is 4.11. The molecule has 0 saturated carbocycles. The highest BCUT2D eigenvalue weighted by molar-refractivity contribution is 6.00. The van der Waals surface area contributed by atoms with Gasteiger partial charge in [0.25, 0.3) is 0 Å². The molecule has 0 aliphatic heterocycles. The van der Waals surface area contributed by atoms with Gasteiger partial charge in [0.2, 0.25) is 0 Å². The maximum Gasteiger partial charge on any atom is 0.307 e. The van der Waals surface area contributed by atoms with Gasteiger partial charge in [-0.2, -0.15) is 5.10 Å². The van der Waals surface area contributed by atoms with Crippen molar-refractivity contribution in [1.82, 2.24) is 5.43 Å². The molecule has 1 aromatic heterocycles. The number of rotatable bonds is 3. The molecule has 4 heteroatoms. The molecule has 0 bridgehead atoms. The number of nitrogens with one attached hydrogen (secondary N) is 1. The van der Waals surface area contributed by atoms with Gasteiger partial charge in [0, 0.05) is 0 Å². The number of benzene rings is 1. The Morgan fingerprint density at radius 3 is 2.45 bits per heavy atom. The number of carbonyl (C=O) groups excluding carboxylic acids is 1. The van der Waals surface area contributed by atoms with Crippen LogP contribution in [0.4, 0.5) is 0 Å². The molecule has 104 valence electrons. The average Bonchev–Trinajstić information content (AvgIpc) is 2.85. The van der Waals surface area contributed by atoms with E-state index in [4.69, 9.17) is 4.42 Å². The second-order valence-electron chi connectivity index (χ2n) is 4.85. The number of hydrogen-bond donors (Lipinski definition) is 1. The number of carbonyl (C=O) groups is 1. The molecule has 1 heterocycles. The molecule has 0 atom stereocenters. The molecule has 1 amide bonds. The van der Waals surface area contributed by atoms with E-state index in [1.165, 1.54) is 11.1 Å². The molecule has 1 aromatic carbocycles. The fraction of sp³-hybridized carbons (Fsp3) is 0.250. The molecule has 4 nitrogen and oxygen atoms in total. The van der Waals surface area contributed by atoms with Crippen molar-refractivity contribution in [3.05, 3.63) is 58.5 Å². The predicted molar refractivity (Wildman–Crippen MR) is 79.0 cm³/mol. The first-order valence-electron chi connectivity index (χ1n) is 6.46. The maximum absolute atomic E-state index is 11.8. The lowest BCUT2D eigenvalue weighted by molar-refractivity contribution is 0.0926. The first-order valence-corrected chi connectivity index (χ1v) is 6.46. The van der Waals surface area contributed by atoms with E-state index in [1.54, 1.807) is 19.1 Å². The normalized spacial score (nSPS) is 11.5. The van der Waals surface area contributed by atoms with Crippen LogP contribution in [0.15, 0.2) is 39.9 Å². The maximum atomic E-state index is 11.8. The van der Waals surface area contributed by atoms with Crippen molar-refractivity contribution in [2.75, 3.05) is 0 Å². The van der Waals surface area contributed by atoms with Crippen LogP contribution >= 0.6 is 0 Å². The molecule has 0 fully saturated rings. The number of hydrogen-bond acceptors (Lipinski definition) is 3. The summed E-state index contributed by atoms with van der Waals surface area (Å²) in [6.07, 6.45) is 0. The number of amides is 1. The molecular formula is C16H18N2O2. The molecule has 0 radical (unpaired) electrons. The van der Waals surface area contributed by atoms with Crippen LogP contribution in [0.3, 0.4) is 0 Å². The van der Waals surface area contributed by atoms with E-state index in [2.05, 4.69) is 30.4 Å². The standard InChI is InChI=1S/C16H18N2O2/c1-10-5-7-14(9-11(10)2)13(4)17-18-16(19)15-8-6-12(3)20-15/h5-9H,1-4H3,(H,18,19). The topological polar surface area (TPSA) is 54.6 Å². The molecule has 2 rings (SSSR count). The summed E-state index contributed by atoms with van der Waals surface area (Å²) < 4.78 is 5.24. The largest absolute Gasteiger partial charge is 0.456 e. The van der Waals surface area contributed by atoms with E-state index < -0.39 is 0 Å². The average molecular weight is 270 g/mol. The Morgan fingerprint density at radius 2 is 1.85 bits per heavy atom. The molecule has 0 aliphatic carbocycles. The minimum atomic E-state index is -0.346. The van der Waals surface area contributed by atoms with Crippen LogP contribution in [-0.4, -0.2) is 11.6 Å². The molecule has 0 unspecified atom stereocenters. The SMILES string of the molecule is CC(=NNC(=O)c1ccc(C)o1)c1ccc(C)c(C)c1. The van der Waals surface area contributed by atoms with Crippen molar-refractivity contribution < 1.29 is 9.21 Å². The van der Waals surface area contributed by atoms with E-state index in [0.717, 1.165) is 11.3 Å². The molecule has 0 saturated heterocycles. The van der Waals surface area contributed by atoms with E-state index >= 15 is 0 Å². The zero-order chi connectivity index (χ0) is 14.7. The van der Waals surface area contributed by atoms with Gasteiger partial charge < -0.3 is 4.42 Å². The fourth-order valence-electron chi connectivity index (χ4n) is 1.78. The third kappa shape index (κ3) is 3.15. The van der Waals surface area contributed by atoms with Gasteiger partial charge in [-0.25, -0.2) is 5.43 Å². The summed E-state index contributed by atoms with van der Waals surface area (Å²) >= 11 is 0. The van der Waals surface area contributed by atoms with E-state index in [0.29, 0.717) is 5.76 Å². The Morgan fingerprint density at radius 1 is 1.10 bits per heavy atom. The van der Waals surface area contributed by atoms with E-state index in [9.17, 15) is 4.79 Å². The minimum Gasteiger partial charge on any atom is -0.456 e. The van der Waals surface area contributed by atoms with Crippen molar-refractivity contribution in [3.63, 3.8) is 0 Å². The first-order chi connectivity index (χ1) is 9.47. The van der Waals surface area contributed by atoms with Crippen molar-refractivity contribution in [3.8, 4) is 0 Å². The summed E-state index contributed by atoms with van der Waals surface area (Å²) in [6.45, 7) is 7.76. The zero-order valence-electron chi connectivity index (χ0n) is 12.2. The number of nitrogens with zero attached hydrogens (tertiary/aromatic N) is 1. The van der Waals surface area contributed by atoms with E-state index in [-0.39, 0.29) is 11.7 Å². The lowest BCUT2D eigenvalue weighted by Crippen LogP contribution is -2.18. The van der Waals surface area contributed by atoms with Crippen LogP contribution in [0.5, 0.6) is 0 Å². The van der Waals surface area contributed by atoms with Gasteiger partial charge in [-0.15, -0.1) is 0 Å². The zero-order valence-corrected chi connectivity index (χ0v) is 12.2. The van der Waals surface area contributed by atoms with Crippen LogP contribution in [0, 0.1) is 20.8 Å². The summed E-state index contributed by atoms with van der Waals surface area (Å²) in [7, 11) is 0. The third-order valence-corrected chi connectivity index (χ3v) is 3.21. The van der Waals surface area contributed by atoms with Gasteiger partial charge in [0.05, 0.1) is 5.71 Å². The van der Waals surface area contributed by atoms with Crippen LogP contribution in [0.2, 0.25) is 0 Å². The minimum absolute atomic E-state index is 0.263. The molecule has 20 heavy (non-hydrogen) atoms. The van der Waals surface area contributed by atoms with Gasteiger partial charge >= 0.3 is 5.91 Å². The fourth-order valence-corrected chi connectivity index (χ4v) is 1.78. The van der Waals surface area contributed by atoms with Crippen LogP contribution in [0.25, 0.3) is 0 Å². The van der Waals surface area contributed by atoms with Crippen molar-refractivity contribution in [1.29, 1.82) is 0 Å². The van der Waals surface area contributed by atoms with Gasteiger partial charge in [-0.05, 0) is 62.6 Å². The van der Waals surface area contributed by atoms with Gasteiger partial charge in [-0.3, -0.25) is 4.79 Å². The predicted octanol–water partition coefficient (Wildman–Crippen LogP) is 3.36. The molecule has 0 spiro atoms. The lowest BCUT2D eigenvalue weighted by atomic mass is 10.0. The Kier molecular flexibility index (Phi) is 4.03. The second-order valence-corrected chi connectivity index (χ2v) is 4.85. The van der Waals surface area contributed by atoms with Crippen LogP contribution in [-0.2, 0) is 0 Å². The van der Waals surface area contributed by atoms with Crippen molar-refractivity contribution in [2.24, 2.45) is 5.10 Å². The smallest absolute Gasteiger partial charge is 0.307 e. The van der Waals surface area contributed by atoms with Gasteiger partial charge in [-0.1, -0.05) is 12.1 Å². The van der Waals surface area contributed by atoms with Crippen LogP contribution in [0.1, 0.15) is 39.9 Å². The molecule has 0 aliphatic rings. The number of aryl methyl sites for hydroxylation is 3. The molecule has 2 aromatic rings. The quantitative estimate of drug-likeness (QED) is 0.686. The highest BCUT2D eigenvalue weighted by Gasteiger charge is 2.09. The van der Waals surface area contributed by atoms with Gasteiger partial charge in [0.1, 0.15) is 5.76 Å². The van der Waals surface area contributed by atoms with Gasteiger partial charge in [0.15, 0.2) is 5.76 Å². The number of hydrazone groups is 1. The third-order valence-electron chi connectivity index (χ3n) is 3.21. The summed E-state index contributed by atoms with van der Waals surface area (Å²) in [5.41, 5.74) is 6.68.